The Morgan fingerprint density at radius 1 is 1.42 bits per heavy atom. The van der Waals surface area contributed by atoms with Gasteiger partial charge in [0.25, 0.3) is 0 Å². The number of rotatable bonds is 7. The van der Waals surface area contributed by atoms with Crippen LogP contribution in [-0.2, 0) is 4.74 Å². The summed E-state index contributed by atoms with van der Waals surface area (Å²) in [5, 5.41) is 0.722. The van der Waals surface area contributed by atoms with Gasteiger partial charge < -0.3 is 10.5 Å². The van der Waals surface area contributed by atoms with E-state index in [1.807, 2.05) is 18.2 Å². The minimum atomic E-state index is 0.154. The first-order valence-corrected chi connectivity index (χ1v) is 7.58. The van der Waals surface area contributed by atoms with Crippen molar-refractivity contribution < 1.29 is 4.74 Å². The number of methoxy groups -OCH3 is 1. The molecule has 0 saturated heterocycles. The third kappa shape index (κ3) is 4.72. The topological polar surface area (TPSA) is 38.5 Å². The van der Waals surface area contributed by atoms with E-state index in [0.29, 0.717) is 19.2 Å². The van der Waals surface area contributed by atoms with Crippen LogP contribution in [-0.4, -0.2) is 37.7 Å². The number of hydrogen-bond donors (Lipinski definition) is 1. The molecule has 3 nitrogen and oxygen atoms in total. The maximum Gasteiger partial charge on any atom is 0.0590 e. The van der Waals surface area contributed by atoms with Gasteiger partial charge in [0.1, 0.15) is 0 Å². The van der Waals surface area contributed by atoms with E-state index in [-0.39, 0.29) is 6.04 Å². The van der Waals surface area contributed by atoms with Crippen LogP contribution in [0.5, 0.6) is 0 Å². The molecule has 0 aliphatic rings. The highest BCUT2D eigenvalue weighted by Gasteiger charge is 2.23. The molecule has 1 unspecified atom stereocenters. The van der Waals surface area contributed by atoms with Gasteiger partial charge in [0, 0.05) is 41.8 Å². The molecule has 0 aromatic heterocycles. The molecule has 0 spiro atoms. The molecule has 19 heavy (non-hydrogen) atoms. The van der Waals surface area contributed by atoms with Crippen LogP contribution < -0.4 is 5.73 Å². The van der Waals surface area contributed by atoms with E-state index in [0.717, 1.165) is 21.6 Å². The summed E-state index contributed by atoms with van der Waals surface area (Å²) < 4.78 is 6.19. The van der Waals surface area contributed by atoms with Crippen molar-refractivity contribution in [2.24, 2.45) is 5.73 Å². The minimum absolute atomic E-state index is 0.154. The summed E-state index contributed by atoms with van der Waals surface area (Å²) >= 11 is 9.57. The van der Waals surface area contributed by atoms with Gasteiger partial charge in [-0.05, 0) is 31.5 Å². The van der Waals surface area contributed by atoms with E-state index >= 15 is 0 Å². The Morgan fingerprint density at radius 2 is 2.11 bits per heavy atom. The molecule has 0 fully saturated rings. The maximum absolute atomic E-state index is 6.00. The standard InChI is InChI=1S/C14H22BrClN2O/c1-10(2)18(6-7-19-3)14(9-17)12-5-4-11(16)8-13(12)15/h4-5,8,10,14H,6-7,9,17H2,1-3H3. The Balaban J connectivity index is 3.01. The Hall–Kier alpha value is -0.130. The number of halogens is 2. The van der Waals surface area contributed by atoms with Gasteiger partial charge in [-0.25, -0.2) is 0 Å². The molecule has 1 aromatic carbocycles. The van der Waals surface area contributed by atoms with Crippen LogP contribution in [0.4, 0.5) is 0 Å². The summed E-state index contributed by atoms with van der Waals surface area (Å²) in [5.41, 5.74) is 7.15. The van der Waals surface area contributed by atoms with Gasteiger partial charge in [0.05, 0.1) is 6.61 Å². The van der Waals surface area contributed by atoms with Crippen molar-refractivity contribution in [3.8, 4) is 0 Å². The summed E-state index contributed by atoms with van der Waals surface area (Å²) in [6.07, 6.45) is 0. The van der Waals surface area contributed by atoms with Gasteiger partial charge in [-0.2, -0.15) is 0 Å². The van der Waals surface area contributed by atoms with E-state index in [1.54, 1.807) is 7.11 Å². The van der Waals surface area contributed by atoms with Gasteiger partial charge in [0.2, 0.25) is 0 Å². The second-order valence-corrected chi connectivity index (χ2v) is 6.03. The second kappa shape index (κ2) is 8.22. The van der Waals surface area contributed by atoms with Crippen molar-refractivity contribution in [2.45, 2.75) is 25.9 Å². The molecule has 0 amide bonds. The fourth-order valence-corrected chi connectivity index (χ4v) is 3.13. The van der Waals surface area contributed by atoms with Crippen LogP contribution in [0.25, 0.3) is 0 Å². The third-order valence-corrected chi connectivity index (χ3v) is 4.08. The monoisotopic (exact) mass is 348 g/mol. The van der Waals surface area contributed by atoms with Gasteiger partial charge in [0.15, 0.2) is 0 Å². The van der Waals surface area contributed by atoms with Crippen molar-refractivity contribution in [2.75, 3.05) is 26.8 Å². The molecule has 1 atom stereocenters. The van der Waals surface area contributed by atoms with Gasteiger partial charge >= 0.3 is 0 Å². The first-order chi connectivity index (χ1) is 9.01. The van der Waals surface area contributed by atoms with Gasteiger partial charge in [-0.15, -0.1) is 0 Å². The molecule has 0 aliphatic carbocycles. The zero-order valence-corrected chi connectivity index (χ0v) is 14.0. The van der Waals surface area contributed by atoms with Crippen molar-refractivity contribution in [1.82, 2.24) is 4.90 Å². The Kier molecular flexibility index (Phi) is 7.32. The van der Waals surface area contributed by atoms with Crippen LogP contribution >= 0.6 is 27.5 Å². The number of ether oxygens (including phenoxy) is 1. The SMILES string of the molecule is COCCN(C(C)C)C(CN)c1ccc(Cl)cc1Br. The highest BCUT2D eigenvalue weighted by atomic mass is 79.9. The molecule has 108 valence electrons. The van der Waals surface area contributed by atoms with E-state index in [4.69, 9.17) is 22.1 Å². The molecule has 0 radical (unpaired) electrons. The van der Waals surface area contributed by atoms with Crippen molar-refractivity contribution in [3.05, 3.63) is 33.3 Å². The third-order valence-electron chi connectivity index (χ3n) is 3.16. The smallest absolute Gasteiger partial charge is 0.0590 e. The van der Waals surface area contributed by atoms with E-state index < -0.39 is 0 Å². The quantitative estimate of drug-likeness (QED) is 0.819. The molecule has 0 aliphatic heterocycles. The van der Waals surface area contributed by atoms with E-state index in [9.17, 15) is 0 Å². The lowest BCUT2D eigenvalue weighted by molar-refractivity contribution is 0.0977. The van der Waals surface area contributed by atoms with Crippen LogP contribution in [0, 0.1) is 0 Å². The molecule has 0 heterocycles. The lowest BCUT2D eigenvalue weighted by Gasteiger charge is -2.35. The number of nitrogens with two attached hydrogens (primary N) is 1. The largest absolute Gasteiger partial charge is 0.383 e. The van der Waals surface area contributed by atoms with Crippen LogP contribution in [0.15, 0.2) is 22.7 Å². The lowest BCUT2D eigenvalue weighted by atomic mass is 10.0. The zero-order chi connectivity index (χ0) is 14.4. The normalized spacial score (nSPS) is 13.3. The van der Waals surface area contributed by atoms with Crippen LogP contribution in [0.3, 0.4) is 0 Å². The molecule has 5 heteroatoms. The Morgan fingerprint density at radius 3 is 2.58 bits per heavy atom. The highest BCUT2D eigenvalue weighted by Crippen LogP contribution is 2.30. The lowest BCUT2D eigenvalue weighted by Crippen LogP contribution is -2.40. The zero-order valence-electron chi connectivity index (χ0n) is 11.7. The average molecular weight is 350 g/mol. The average Bonchev–Trinajstić information content (AvgIpc) is 2.35. The molecule has 2 N–H and O–H groups in total. The molecule has 0 saturated carbocycles. The van der Waals surface area contributed by atoms with Gasteiger partial charge in [-0.1, -0.05) is 33.6 Å². The summed E-state index contributed by atoms with van der Waals surface area (Å²) in [7, 11) is 1.72. The fourth-order valence-electron chi connectivity index (χ4n) is 2.18. The van der Waals surface area contributed by atoms with Crippen molar-refractivity contribution in [3.63, 3.8) is 0 Å². The number of nitrogens with zero attached hydrogens (tertiary/aromatic N) is 1. The van der Waals surface area contributed by atoms with Crippen molar-refractivity contribution >= 4 is 27.5 Å². The molecular formula is C14H22BrClN2O. The highest BCUT2D eigenvalue weighted by molar-refractivity contribution is 9.10. The van der Waals surface area contributed by atoms with E-state index in [1.165, 1.54) is 0 Å². The van der Waals surface area contributed by atoms with Crippen molar-refractivity contribution in [1.29, 1.82) is 0 Å². The van der Waals surface area contributed by atoms with Crippen LogP contribution in [0.2, 0.25) is 5.02 Å². The number of benzene rings is 1. The summed E-state index contributed by atoms with van der Waals surface area (Å²) in [6.45, 7) is 6.44. The number of hydrogen-bond acceptors (Lipinski definition) is 3. The molecule has 0 bridgehead atoms. The predicted octanol–water partition coefficient (Wildman–Crippen LogP) is 3.46. The van der Waals surface area contributed by atoms with Crippen LogP contribution in [0.1, 0.15) is 25.5 Å². The fraction of sp³-hybridized carbons (Fsp3) is 0.571. The predicted molar refractivity (Wildman–Crippen MR) is 84.7 cm³/mol. The summed E-state index contributed by atoms with van der Waals surface area (Å²) in [5.74, 6) is 0. The summed E-state index contributed by atoms with van der Waals surface area (Å²) in [6, 6.07) is 6.40. The molecule has 1 aromatic rings. The first-order valence-electron chi connectivity index (χ1n) is 6.41. The van der Waals surface area contributed by atoms with E-state index in [2.05, 4.69) is 34.7 Å². The minimum Gasteiger partial charge on any atom is -0.383 e. The molecule has 1 rings (SSSR count). The molecular weight excluding hydrogens is 328 g/mol. The Bertz CT molecular complexity index is 401. The Labute approximate surface area is 129 Å². The second-order valence-electron chi connectivity index (χ2n) is 4.74. The maximum atomic E-state index is 6.00. The summed E-state index contributed by atoms with van der Waals surface area (Å²) in [4.78, 5) is 2.34. The first kappa shape index (κ1) is 16.9. The van der Waals surface area contributed by atoms with Gasteiger partial charge in [-0.3, -0.25) is 4.90 Å².